The average molecular weight is 355 g/mol. The van der Waals surface area contributed by atoms with E-state index < -0.39 is 16.8 Å². The maximum atomic E-state index is 12.5. The van der Waals surface area contributed by atoms with Crippen molar-refractivity contribution in [3.05, 3.63) is 65.4 Å². The van der Waals surface area contributed by atoms with Crippen LogP contribution < -0.4 is 0 Å². The van der Waals surface area contributed by atoms with Gasteiger partial charge in [0.15, 0.2) is 6.61 Å². The minimum atomic E-state index is -1.11. The Hall–Kier alpha value is -2.73. The van der Waals surface area contributed by atoms with Gasteiger partial charge in [-0.3, -0.25) is 9.00 Å². The first-order chi connectivity index (χ1) is 12.0. The summed E-state index contributed by atoms with van der Waals surface area (Å²) in [6, 6.07) is 13.8. The molecule has 3 aromatic rings. The number of carbonyl (C=O) groups excluding carboxylic acids is 2. The average Bonchev–Trinajstić information content (AvgIpc) is 2.95. The molecule has 25 heavy (non-hydrogen) atoms. The molecular formula is C19H17NO4S. The molecule has 0 fully saturated rings. The van der Waals surface area contributed by atoms with E-state index >= 15 is 0 Å². The number of carbonyl (C=O) groups is 2. The predicted octanol–water partition coefficient (Wildman–Crippen LogP) is 3.25. The van der Waals surface area contributed by atoms with Gasteiger partial charge in [-0.25, -0.2) is 4.79 Å². The van der Waals surface area contributed by atoms with E-state index in [9.17, 15) is 13.8 Å². The molecule has 0 aliphatic heterocycles. The van der Waals surface area contributed by atoms with E-state index in [0.29, 0.717) is 16.0 Å². The first-order valence-electron chi connectivity index (χ1n) is 7.68. The summed E-state index contributed by atoms with van der Waals surface area (Å²) in [4.78, 5) is 28.4. The molecule has 6 heteroatoms. The van der Waals surface area contributed by atoms with Crippen molar-refractivity contribution in [2.45, 2.75) is 11.8 Å². The van der Waals surface area contributed by atoms with E-state index in [2.05, 4.69) is 4.98 Å². The van der Waals surface area contributed by atoms with Gasteiger partial charge in [0.1, 0.15) is 0 Å². The fraction of sp³-hybridized carbons (Fsp3) is 0.158. The molecule has 0 aliphatic rings. The number of para-hydroxylation sites is 1. The number of esters is 1. The van der Waals surface area contributed by atoms with Crippen molar-refractivity contribution in [2.75, 3.05) is 12.9 Å². The van der Waals surface area contributed by atoms with Crippen molar-refractivity contribution >= 4 is 33.5 Å². The highest BCUT2D eigenvalue weighted by Crippen LogP contribution is 2.22. The van der Waals surface area contributed by atoms with Gasteiger partial charge in [-0.05, 0) is 37.3 Å². The minimum Gasteiger partial charge on any atom is -0.454 e. The quantitative estimate of drug-likeness (QED) is 0.563. The van der Waals surface area contributed by atoms with E-state index in [4.69, 9.17) is 4.74 Å². The van der Waals surface area contributed by atoms with Gasteiger partial charge in [0.2, 0.25) is 5.78 Å². The van der Waals surface area contributed by atoms with Crippen LogP contribution in [0.2, 0.25) is 0 Å². The number of H-pyrrole nitrogens is 1. The van der Waals surface area contributed by atoms with Gasteiger partial charge in [0.05, 0.1) is 5.56 Å². The van der Waals surface area contributed by atoms with E-state index in [1.54, 1.807) is 30.5 Å². The summed E-state index contributed by atoms with van der Waals surface area (Å²) in [6.07, 6.45) is 1.57. The number of aryl methyl sites for hydroxylation is 1. The Labute approximate surface area is 147 Å². The van der Waals surface area contributed by atoms with Gasteiger partial charge < -0.3 is 9.72 Å². The molecule has 0 bridgehead atoms. The Balaban J connectivity index is 1.72. The molecule has 1 heterocycles. The van der Waals surface area contributed by atoms with Crippen molar-refractivity contribution < 1.29 is 18.5 Å². The second-order valence-corrected chi connectivity index (χ2v) is 7.03. The molecule has 0 saturated heterocycles. The lowest BCUT2D eigenvalue weighted by Gasteiger charge is -2.05. The van der Waals surface area contributed by atoms with Gasteiger partial charge in [0, 0.05) is 44.1 Å². The molecule has 0 radical (unpaired) electrons. The summed E-state index contributed by atoms with van der Waals surface area (Å²) >= 11 is 0. The van der Waals surface area contributed by atoms with Crippen LogP contribution in [0.4, 0.5) is 0 Å². The van der Waals surface area contributed by atoms with E-state index in [0.717, 1.165) is 16.6 Å². The van der Waals surface area contributed by atoms with Gasteiger partial charge in [-0.15, -0.1) is 0 Å². The second kappa shape index (κ2) is 7.03. The lowest BCUT2D eigenvalue weighted by Crippen LogP contribution is -2.15. The fourth-order valence-corrected chi connectivity index (χ4v) is 3.22. The Kier molecular flexibility index (Phi) is 4.81. The maximum absolute atomic E-state index is 12.5. The van der Waals surface area contributed by atoms with Gasteiger partial charge in [0.25, 0.3) is 0 Å². The highest BCUT2D eigenvalue weighted by atomic mass is 32.2. The van der Waals surface area contributed by atoms with Crippen LogP contribution in [-0.4, -0.2) is 33.8 Å². The summed E-state index contributed by atoms with van der Waals surface area (Å²) in [5, 5.41) is 0.816. The highest BCUT2D eigenvalue weighted by molar-refractivity contribution is 7.84. The third-order valence-electron chi connectivity index (χ3n) is 3.93. The first kappa shape index (κ1) is 17.1. The maximum Gasteiger partial charge on any atom is 0.338 e. The molecule has 0 aliphatic carbocycles. The number of hydrogen-bond acceptors (Lipinski definition) is 4. The van der Waals surface area contributed by atoms with E-state index in [1.165, 1.54) is 0 Å². The summed E-state index contributed by atoms with van der Waals surface area (Å²) in [5.41, 5.74) is 2.48. The zero-order valence-corrected chi connectivity index (χ0v) is 14.7. The molecule has 1 unspecified atom stereocenters. The third-order valence-corrected chi connectivity index (χ3v) is 4.86. The largest absolute Gasteiger partial charge is 0.454 e. The summed E-state index contributed by atoms with van der Waals surface area (Å²) in [7, 11) is -1.11. The number of aromatic amines is 1. The molecule has 1 N–H and O–H groups in total. The van der Waals surface area contributed by atoms with E-state index in [1.807, 2.05) is 31.2 Å². The number of ketones is 1. The van der Waals surface area contributed by atoms with Crippen LogP contribution >= 0.6 is 0 Å². The normalized spacial score (nSPS) is 12.1. The van der Waals surface area contributed by atoms with Crippen LogP contribution in [0.5, 0.6) is 0 Å². The smallest absolute Gasteiger partial charge is 0.338 e. The molecular weight excluding hydrogens is 338 g/mol. The first-order valence-corrected chi connectivity index (χ1v) is 9.24. The molecule has 5 nitrogen and oxygen atoms in total. The molecule has 3 rings (SSSR count). The van der Waals surface area contributed by atoms with Crippen LogP contribution in [0.3, 0.4) is 0 Å². The zero-order valence-electron chi connectivity index (χ0n) is 13.9. The number of ether oxygens (including phenoxy) is 1. The van der Waals surface area contributed by atoms with Gasteiger partial charge >= 0.3 is 5.97 Å². The molecule has 0 spiro atoms. The molecule has 0 saturated carbocycles. The predicted molar refractivity (Wildman–Crippen MR) is 96.4 cm³/mol. The lowest BCUT2D eigenvalue weighted by molar-refractivity contribution is 0.0475. The Morgan fingerprint density at radius 3 is 2.44 bits per heavy atom. The van der Waals surface area contributed by atoms with Crippen LogP contribution in [0.25, 0.3) is 10.9 Å². The molecule has 0 amide bonds. The monoisotopic (exact) mass is 355 g/mol. The minimum absolute atomic E-state index is 0.255. The van der Waals surface area contributed by atoms with E-state index in [-0.39, 0.29) is 12.4 Å². The number of rotatable bonds is 5. The number of aromatic nitrogens is 1. The Morgan fingerprint density at radius 1 is 1.08 bits per heavy atom. The van der Waals surface area contributed by atoms with Gasteiger partial charge in [-0.2, -0.15) is 0 Å². The summed E-state index contributed by atoms with van der Waals surface area (Å²) in [6.45, 7) is 1.49. The van der Waals surface area contributed by atoms with Crippen molar-refractivity contribution in [1.82, 2.24) is 4.98 Å². The van der Waals surface area contributed by atoms with Crippen LogP contribution in [0.15, 0.2) is 53.4 Å². The number of benzene rings is 2. The second-order valence-electron chi connectivity index (χ2n) is 5.65. The Bertz CT molecular complexity index is 973. The number of fused-ring (bicyclic) bond motifs is 1. The van der Waals surface area contributed by atoms with Crippen LogP contribution in [0.1, 0.15) is 26.4 Å². The van der Waals surface area contributed by atoms with Crippen LogP contribution in [0, 0.1) is 6.92 Å². The molecule has 2 aromatic carbocycles. The molecule has 128 valence electrons. The topological polar surface area (TPSA) is 76.2 Å². The highest BCUT2D eigenvalue weighted by Gasteiger charge is 2.18. The summed E-state index contributed by atoms with van der Waals surface area (Å²) in [5.74, 6) is -0.839. The molecule has 1 atom stereocenters. The third kappa shape index (κ3) is 3.53. The standard InChI is InChI=1S/C19H17NO4S/c1-12-18(15-5-3-4-6-16(15)20-12)17(21)11-24-19(22)13-7-9-14(10-8-13)25(2)23/h3-10,20H,11H2,1-2H3. The van der Waals surface area contributed by atoms with Crippen LogP contribution in [-0.2, 0) is 15.5 Å². The lowest BCUT2D eigenvalue weighted by atomic mass is 10.1. The van der Waals surface area contributed by atoms with Crippen molar-refractivity contribution in [3.63, 3.8) is 0 Å². The van der Waals surface area contributed by atoms with Crippen molar-refractivity contribution in [1.29, 1.82) is 0 Å². The zero-order chi connectivity index (χ0) is 18.0. The summed E-state index contributed by atoms with van der Waals surface area (Å²) < 4.78 is 16.5. The Morgan fingerprint density at radius 2 is 1.76 bits per heavy atom. The van der Waals surface area contributed by atoms with Crippen molar-refractivity contribution in [2.24, 2.45) is 0 Å². The van der Waals surface area contributed by atoms with Crippen molar-refractivity contribution in [3.8, 4) is 0 Å². The van der Waals surface area contributed by atoms with Gasteiger partial charge in [-0.1, -0.05) is 18.2 Å². The number of nitrogens with one attached hydrogen (secondary N) is 1. The molecule has 1 aromatic heterocycles. The fourth-order valence-electron chi connectivity index (χ4n) is 2.71. The number of hydrogen-bond donors (Lipinski definition) is 1. The SMILES string of the molecule is Cc1[nH]c2ccccc2c1C(=O)COC(=O)c1ccc(S(C)=O)cc1. The number of Topliss-reactive ketones (excluding diaryl/α,β-unsaturated/α-hetero) is 1.